The number of benzene rings is 1. The van der Waals surface area contributed by atoms with Crippen molar-refractivity contribution in [3.05, 3.63) is 43.8 Å². The summed E-state index contributed by atoms with van der Waals surface area (Å²) >= 11 is 21.7. The Bertz CT molecular complexity index is 652. The van der Waals surface area contributed by atoms with E-state index in [1.54, 1.807) is 18.2 Å². The van der Waals surface area contributed by atoms with Crippen molar-refractivity contribution in [2.45, 2.75) is 13.3 Å². The average molecular weight is 411 g/mol. The number of pyridine rings is 1. The van der Waals surface area contributed by atoms with Crippen molar-refractivity contribution in [2.24, 2.45) is 0 Å². The Morgan fingerprint density at radius 2 is 1.90 bits per heavy atom. The number of rotatable bonds is 5. The van der Waals surface area contributed by atoms with Crippen molar-refractivity contribution >= 4 is 56.6 Å². The van der Waals surface area contributed by atoms with Crippen LogP contribution in [0.2, 0.25) is 15.1 Å². The zero-order chi connectivity index (χ0) is 15.4. The van der Waals surface area contributed by atoms with Gasteiger partial charge in [0.2, 0.25) is 5.88 Å². The second-order valence-electron chi connectivity index (χ2n) is 4.21. The Labute approximate surface area is 146 Å². The maximum atomic E-state index is 6.12. The van der Waals surface area contributed by atoms with Crippen molar-refractivity contribution in [3.63, 3.8) is 0 Å². The molecule has 2 rings (SSSR count). The van der Waals surface area contributed by atoms with Crippen molar-refractivity contribution in [1.29, 1.82) is 0 Å². The van der Waals surface area contributed by atoms with Crippen LogP contribution in [0.15, 0.2) is 28.7 Å². The van der Waals surface area contributed by atoms with Gasteiger partial charge in [0.05, 0.1) is 10.0 Å². The second kappa shape index (κ2) is 7.54. The summed E-state index contributed by atoms with van der Waals surface area (Å²) in [5, 5.41) is 4.35. The summed E-state index contributed by atoms with van der Waals surface area (Å²) in [4.78, 5) is 4.30. The van der Waals surface area contributed by atoms with Gasteiger partial charge in [-0.25, -0.2) is 0 Å². The molecule has 2 aromatic rings. The lowest BCUT2D eigenvalue weighted by Gasteiger charge is -2.12. The summed E-state index contributed by atoms with van der Waals surface area (Å²) in [5.74, 6) is 1.24. The highest BCUT2D eigenvalue weighted by Gasteiger charge is 2.13. The Hall–Kier alpha value is -0.680. The zero-order valence-electron chi connectivity index (χ0n) is 11.1. The number of nitrogens with one attached hydrogen (secondary N) is 1. The van der Waals surface area contributed by atoms with Gasteiger partial charge in [-0.15, -0.1) is 0 Å². The van der Waals surface area contributed by atoms with Crippen LogP contribution in [0.25, 0.3) is 0 Å². The molecule has 3 nitrogen and oxygen atoms in total. The molecule has 0 unspecified atom stereocenters. The Balaban J connectivity index is 2.32. The number of anilines is 1. The molecule has 1 heterocycles. The van der Waals surface area contributed by atoms with Gasteiger partial charge >= 0.3 is 0 Å². The van der Waals surface area contributed by atoms with Crippen LogP contribution in [-0.4, -0.2) is 11.5 Å². The summed E-state index contributed by atoms with van der Waals surface area (Å²) in [7, 11) is 0. The molecule has 1 aromatic heterocycles. The average Bonchev–Trinajstić information content (AvgIpc) is 2.44. The van der Waals surface area contributed by atoms with Crippen LogP contribution in [-0.2, 0) is 0 Å². The fourth-order valence-corrected chi connectivity index (χ4v) is 2.51. The van der Waals surface area contributed by atoms with Gasteiger partial charge in [0.1, 0.15) is 16.6 Å². The van der Waals surface area contributed by atoms with Gasteiger partial charge in [-0.2, -0.15) is 4.98 Å². The minimum absolute atomic E-state index is 0.250. The molecular formula is C14H12BrCl3N2O. The summed E-state index contributed by atoms with van der Waals surface area (Å²) in [6.07, 6.45) is 0.953. The molecule has 0 fully saturated rings. The third-order valence-electron chi connectivity index (χ3n) is 2.54. The number of halogens is 4. The van der Waals surface area contributed by atoms with E-state index < -0.39 is 0 Å². The van der Waals surface area contributed by atoms with E-state index in [4.69, 9.17) is 39.5 Å². The van der Waals surface area contributed by atoms with Crippen molar-refractivity contribution < 1.29 is 4.74 Å². The molecule has 21 heavy (non-hydrogen) atoms. The first kappa shape index (κ1) is 16.7. The summed E-state index contributed by atoms with van der Waals surface area (Å²) in [6, 6.07) is 6.88. The van der Waals surface area contributed by atoms with E-state index >= 15 is 0 Å². The number of ether oxygens (including phenoxy) is 1. The highest BCUT2D eigenvalue weighted by atomic mass is 79.9. The molecule has 0 aliphatic heterocycles. The largest absolute Gasteiger partial charge is 0.436 e. The van der Waals surface area contributed by atoms with E-state index in [0.717, 1.165) is 17.4 Å². The van der Waals surface area contributed by atoms with Gasteiger partial charge in [-0.3, -0.25) is 0 Å². The lowest BCUT2D eigenvalue weighted by molar-refractivity contribution is 0.464. The second-order valence-corrected chi connectivity index (χ2v) is 6.35. The molecule has 7 heteroatoms. The molecule has 0 aliphatic carbocycles. The van der Waals surface area contributed by atoms with Crippen LogP contribution in [0.4, 0.5) is 5.82 Å². The normalized spacial score (nSPS) is 10.5. The first-order valence-electron chi connectivity index (χ1n) is 6.24. The molecule has 0 amide bonds. The van der Waals surface area contributed by atoms with Crippen LogP contribution in [0, 0.1) is 0 Å². The summed E-state index contributed by atoms with van der Waals surface area (Å²) in [5.41, 5.74) is 0. The predicted molar refractivity (Wildman–Crippen MR) is 92.3 cm³/mol. The molecule has 1 N–H and O–H groups in total. The standard InChI is InChI=1S/C14H12BrCl3N2O/c1-2-5-19-13-10(17)7-11(18)14(20-13)21-12-6-8(15)3-4-9(12)16/h3-4,6-7H,2,5H2,1H3,(H,19,20). The van der Waals surface area contributed by atoms with Gasteiger partial charge in [0.25, 0.3) is 0 Å². The predicted octanol–water partition coefficient (Wildman–Crippen LogP) is 6.42. The number of hydrogen-bond donors (Lipinski definition) is 1. The van der Waals surface area contributed by atoms with E-state index in [9.17, 15) is 0 Å². The van der Waals surface area contributed by atoms with E-state index in [-0.39, 0.29) is 5.88 Å². The lowest BCUT2D eigenvalue weighted by Crippen LogP contribution is -2.03. The highest BCUT2D eigenvalue weighted by molar-refractivity contribution is 9.10. The third kappa shape index (κ3) is 4.39. The topological polar surface area (TPSA) is 34.2 Å². The fraction of sp³-hybridized carbons (Fsp3) is 0.214. The molecule has 0 atom stereocenters. The maximum Gasteiger partial charge on any atom is 0.240 e. The Morgan fingerprint density at radius 3 is 2.62 bits per heavy atom. The monoisotopic (exact) mass is 408 g/mol. The summed E-state index contributed by atoms with van der Waals surface area (Å²) in [6.45, 7) is 2.81. The molecule has 0 saturated carbocycles. The van der Waals surface area contributed by atoms with Gasteiger partial charge in [-0.05, 0) is 30.7 Å². The van der Waals surface area contributed by atoms with Crippen molar-refractivity contribution in [1.82, 2.24) is 4.98 Å². The molecular weight excluding hydrogens is 398 g/mol. The van der Waals surface area contributed by atoms with E-state index in [2.05, 4.69) is 33.2 Å². The zero-order valence-corrected chi connectivity index (χ0v) is 14.9. The van der Waals surface area contributed by atoms with E-state index in [1.165, 1.54) is 0 Å². The molecule has 0 spiro atoms. The van der Waals surface area contributed by atoms with Gasteiger partial charge in [0, 0.05) is 11.0 Å². The molecule has 112 valence electrons. The summed E-state index contributed by atoms with van der Waals surface area (Å²) < 4.78 is 6.54. The minimum atomic E-state index is 0.250. The van der Waals surface area contributed by atoms with Crippen LogP contribution in [0.1, 0.15) is 13.3 Å². The van der Waals surface area contributed by atoms with Gasteiger partial charge in [0.15, 0.2) is 0 Å². The van der Waals surface area contributed by atoms with Crippen LogP contribution < -0.4 is 10.1 Å². The first-order chi connectivity index (χ1) is 10.0. The minimum Gasteiger partial charge on any atom is -0.436 e. The van der Waals surface area contributed by atoms with Gasteiger partial charge in [-0.1, -0.05) is 57.7 Å². The van der Waals surface area contributed by atoms with Crippen LogP contribution in [0.3, 0.4) is 0 Å². The third-order valence-corrected chi connectivity index (χ3v) is 3.90. The molecule has 1 aromatic carbocycles. The highest BCUT2D eigenvalue weighted by Crippen LogP contribution is 2.37. The fourth-order valence-electron chi connectivity index (χ4n) is 1.55. The Morgan fingerprint density at radius 1 is 1.14 bits per heavy atom. The maximum absolute atomic E-state index is 6.12. The number of nitrogens with zero attached hydrogens (tertiary/aromatic N) is 1. The van der Waals surface area contributed by atoms with Gasteiger partial charge < -0.3 is 10.1 Å². The molecule has 0 saturated heterocycles. The number of hydrogen-bond acceptors (Lipinski definition) is 3. The van der Waals surface area contributed by atoms with Crippen molar-refractivity contribution in [3.8, 4) is 11.6 Å². The van der Waals surface area contributed by atoms with Crippen LogP contribution in [0.5, 0.6) is 11.6 Å². The van der Waals surface area contributed by atoms with E-state index in [1.807, 2.05) is 6.07 Å². The van der Waals surface area contributed by atoms with Crippen LogP contribution >= 0.6 is 50.7 Å². The lowest BCUT2D eigenvalue weighted by atomic mass is 10.3. The quantitative estimate of drug-likeness (QED) is 0.618. The molecule has 0 bridgehead atoms. The molecule has 0 radical (unpaired) electrons. The van der Waals surface area contributed by atoms with E-state index in [0.29, 0.717) is 26.6 Å². The number of aromatic nitrogens is 1. The first-order valence-corrected chi connectivity index (χ1v) is 8.16. The SMILES string of the molecule is CCCNc1nc(Oc2cc(Br)ccc2Cl)c(Cl)cc1Cl. The Kier molecular flexibility index (Phi) is 5.99. The smallest absolute Gasteiger partial charge is 0.240 e. The molecule has 0 aliphatic rings. The van der Waals surface area contributed by atoms with Crippen molar-refractivity contribution in [2.75, 3.05) is 11.9 Å².